The van der Waals surface area contributed by atoms with Gasteiger partial charge in [0, 0.05) is 38.8 Å². The number of carbonyl (C=O) groups is 1. The van der Waals surface area contributed by atoms with Gasteiger partial charge >= 0.3 is 6.03 Å². The summed E-state index contributed by atoms with van der Waals surface area (Å²) in [5.41, 5.74) is 5.16. The summed E-state index contributed by atoms with van der Waals surface area (Å²) in [4.78, 5) is 15.8. The Labute approximate surface area is 110 Å². The maximum absolute atomic E-state index is 10.8. The molecule has 2 rings (SSSR count). The van der Waals surface area contributed by atoms with Crippen molar-refractivity contribution < 1.29 is 4.79 Å². The van der Waals surface area contributed by atoms with Crippen LogP contribution in [0, 0.1) is 5.92 Å². The zero-order valence-electron chi connectivity index (χ0n) is 11.4. The lowest BCUT2D eigenvalue weighted by Crippen LogP contribution is -2.47. The molecule has 2 amide bonds. The van der Waals surface area contributed by atoms with Gasteiger partial charge in [0.05, 0.1) is 0 Å². The van der Waals surface area contributed by atoms with E-state index >= 15 is 0 Å². The Hall–Kier alpha value is -0.810. The molecule has 0 aromatic carbocycles. The number of nitrogens with two attached hydrogens (primary N) is 1. The number of piperazine rings is 1. The molecule has 0 spiro atoms. The van der Waals surface area contributed by atoms with E-state index in [4.69, 9.17) is 5.73 Å². The zero-order chi connectivity index (χ0) is 13.0. The van der Waals surface area contributed by atoms with Gasteiger partial charge in [-0.15, -0.1) is 0 Å². The molecule has 0 unspecified atom stereocenters. The van der Waals surface area contributed by atoms with Crippen LogP contribution >= 0.6 is 0 Å². The second-order valence-electron chi connectivity index (χ2n) is 5.83. The molecule has 0 bridgehead atoms. The Morgan fingerprint density at radius 1 is 1.17 bits per heavy atom. The lowest BCUT2D eigenvalue weighted by atomic mass is 9.85. The average molecular weight is 254 g/mol. The van der Waals surface area contributed by atoms with Crippen LogP contribution in [0.1, 0.15) is 25.7 Å². The summed E-state index contributed by atoms with van der Waals surface area (Å²) >= 11 is 0. The molecule has 1 aliphatic heterocycles. The minimum Gasteiger partial charge on any atom is -0.352 e. The monoisotopic (exact) mass is 254 g/mol. The summed E-state index contributed by atoms with van der Waals surface area (Å²) in [5, 5.41) is 2.83. The lowest BCUT2D eigenvalue weighted by molar-refractivity contribution is 0.122. The van der Waals surface area contributed by atoms with Crippen LogP contribution in [0.5, 0.6) is 0 Å². The highest BCUT2D eigenvalue weighted by Crippen LogP contribution is 2.25. The number of amides is 2. The van der Waals surface area contributed by atoms with Crippen LogP contribution in [0.15, 0.2) is 0 Å². The Kier molecular flexibility index (Phi) is 4.83. The molecule has 104 valence electrons. The van der Waals surface area contributed by atoms with Crippen molar-refractivity contribution in [2.24, 2.45) is 11.7 Å². The number of nitrogens with zero attached hydrogens (tertiary/aromatic N) is 2. The van der Waals surface area contributed by atoms with E-state index in [1.165, 1.54) is 45.6 Å². The van der Waals surface area contributed by atoms with Crippen molar-refractivity contribution in [1.82, 2.24) is 15.1 Å². The highest BCUT2D eigenvalue weighted by atomic mass is 16.2. The smallest absolute Gasteiger partial charge is 0.312 e. The van der Waals surface area contributed by atoms with E-state index in [1.54, 1.807) is 0 Å². The summed E-state index contributed by atoms with van der Waals surface area (Å²) < 4.78 is 0. The lowest BCUT2D eigenvalue weighted by Gasteiger charge is -2.36. The van der Waals surface area contributed by atoms with Gasteiger partial charge in [0.25, 0.3) is 0 Å². The van der Waals surface area contributed by atoms with E-state index in [0.29, 0.717) is 6.04 Å². The fourth-order valence-corrected chi connectivity index (χ4v) is 3.09. The van der Waals surface area contributed by atoms with Crippen LogP contribution in [0.2, 0.25) is 0 Å². The van der Waals surface area contributed by atoms with E-state index in [1.807, 2.05) is 0 Å². The fraction of sp³-hybridized carbons (Fsp3) is 0.923. The summed E-state index contributed by atoms with van der Waals surface area (Å²) in [6.45, 7) is 6.03. The highest BCUT2D eigenvalue weighted by Gasteiger charge is 2.24. The van der Waals surface area contributed by atoms with E-state index in [2.05, 4.69) is 22.2 Å². The van der Waals surface area contributed by atoms with Gasteiger partial charge in [-0.05, 0) is 38.6 Å². The van der Waals surface area contributed by atoms with Crippen LogP contribution in [0.3, 0.4) is 0 Å². The molecule has 1 saturated carbocycles. The van der Waals surface area contributed by atoms with Crippen molar-refractivity contribution in [3.8, 4) is 0 Å². The minimum absolute atomic E-state index is 0.311. The van der Waals surface area contributed by atoms with Gasteiger partial charge in [-0.3, -0.25) is 0 Å². The molecule has 1 saturated heterocycles. The molecular formula is C13H26N4O. The number of primary amides is 1. The number of nitrogens with one attached hydrogen (secondary N) is 1. The van der Waals surface area contributed by atoms with Crippen LogP contribution in [0.25, 0.3) is 0 Å². The standard InChI is InChI=1S/C13H26N4O/c1-16-6-8-17(9-7-16)10-11-2-4-12(5-3-11)15-13(14)18/h11-12H,2-10H2,1H3,(H3,14,15,18). The maximum atomic E-state index is 10.8. The first-order valence-corrected chi connectivity index (χ1v) is 7.10. The molecule has 18 heavy (non-hydrogen) atoms. The van der Waals surface area contributed by atoms with E-state index in [9.17, 15) is 4.79 Å². The topological polar surface area (TPSA) is 61.6 Å². The van der Waals surface area contributed by atoms with Crippen LogP contribution < -0.4 is 11.1 Å². The second kappa shape index (κ2) is 6.38. The van der Waals surface area contributed by atoms with Crippen molar-refractivity contribution in [3.63, 3.8) is 0 Å². The van der Waals surface area contributed by atoms with Gasteiger partial charge in [0.1, 0.15) is 0 Å². The molecule has 3 N–H and O–H groups in total. The van der Waals surface area contributed by atoms with Crippen molar-refractivity contribution >= 4 is 6.03 Å². The molecule has 1 aliphatic carbocycles. The molecule has 2 aliphatic rings. The van der Waals surface area contributed by atoms with Gasteiger partial charge in [0.2, 0.25) is 0 Å². The summed E-state index contributed by atoms with van der Waals surface area (Å²) in [5.74, 6) is 0.805. The van der Waals surface area contributed by atoms with Crippen molar-refractivity contribution in [3.05, 3.63) is 0 Å². The largest absolute Gasteiger partial charge is 0.352 e. The number of urea groups is 1. The van der Waals surface area contributed by atoms with Crippen molar-refractivity contribution in [2.75, 3.05) is 39.8 Å². The first-order chi connectivity index (χ1) is 8.63. The molecule has 0 radical (unpaired) electrons. The van der Waals surface area contributed by atoms with E-state index in [0.717, 1.165) is 18.8 Å². The van der Waals surface area contributed by atoms with E-state index in [-0.39, 0.29) is 6.03 Å². The second-order valence-corrected chi connectivity index (χ2v) is 5.83. The Morgan fingerprint density at radius 2 is 1.78 bits per heavy atom. The highest BCUT2D eigenvalue weighted by molar-refractivity contribution is 5.71. The third kappa shape index (κ3) is 4.14. The quantitative estimate of drug-likeness (QED) is 0.769. The van der Waals surface area contributed by atoms with Gasteiger partial charge < -0.3 is 20.9 Å². The predicted molar refractivity (Wildman–Crippen MR) is 72.4 cm³/mol. The first kappa shape index (κ1) is 13.6. The van der Waals surface area contributed by atoms with Crippen molar-refractivity contribution in [2.45, 2.75) is 31.7 Å². The normalized spacial score (nSPS) is 31.2. The molecule has 5 heteroatoms. The third-order valence-corrected chi connectivity index (χ3v) is 4.31. The van der Waals surface area contributed by atoms with Gasteiger partial charge in [0.15, 0.2) is 0 Å². The molecule has 0 atom stereocenters. The minimum atomic E-state index is -0.377. The van der Waals surface area contributed by atoms with E-state index < -0.39 is 0 Å². The van der Waals surface area contributed by atoms with Crippen LogP contribution in [-0.4, -0.2) is 61.6 Å². The number of likely N-dealkylation sites (N-methyl/N-ethyl adjacent to an activating group) is 1. The van der Waals surface area contributed by atoms with Crippen LogP contribution in [-0.2, 0) is 0 Å². The number of hydrogen-bond donors (Lipinski definition) is 2. The van der Waals surface area contributed by atoms with Gasteiger partial charge in [-0.25, -0.2) is 4.79 Å². The molecule has 0 aromatic heterocycles. The molecule has 2 fully saturated rings. The average Bonchev–Trinajstić information content (AvgIpc) is 2.34. The molecular weight excluding hydrogens is 228 g/mol. The summed E-state index contributed by atoms with van der Waals surface area (Å²) in [6, 6.07) is -0.0660. The number of carbonyl (C=O) groups excluding carboxylic acids is 1. The summed E-state index contributed by atoms with van der Waals surface area (Å²) in [7, 11) is 2.19. The van der Waals surface area contributed by atoms with Gasteiger partial charge in [-0.2, -0.15) is 0 Å². The fourth-order valence-electron chi connectivity index (χ4n) is 3.09. The Balaban J connectivity index is 1.65. The molecule has 1 heterocycles. The Morgan fingerprint density at radius 3 is 2.33 bits per heavy atom. The molecule has 5 nitrogen and oxygen atoms in total. The first-order valence-electron chi connectivity index (χ1n) is 7.10. The molecule has 0 aromatic rings. The number of rotatable bonds is 3. The third-order valence-electron chi connectivity index (χ3n) is 4.31. The summed E-state index contributed by atoms with van der Waals surface area (Å²) in [6.07, 6.45) is 4.61. The predicted octanol–water partition coefficient (Wildman–Crippen LogP) is 0.461. The zero-order valence-corrected chi connectivity index (χ0v) is 11.4. The van der Waals surface area contributed by atoms with Crippen molar-refractivity contribution in [1.29, 1.82) is 0 Å². The van der Waals surface area contributed by atoms with Crippen LogP contribution in [0.4, 0.5) is 4.79 Å². The number of hydrogen-bond acceptors (Lipinski definition) is 3. The SMILES string of the molecule is CN1CCN(CC2CCC(NC(N)=O)CC2)CC1. The van der Waals surface area contributed by atoms with Gasteiger partial charge in [-0.1, -0.05) is 0 Å². The maximum Gasteiger partial charge on any atom is 0.312 e. The Bertz CT molecular complexity index is 268.